The molecule has 4 atom stereocenters. The van der Waals surface area contributed by atoms with Crippen LogP contribution in [0.15, 0.2) is 23.8 Å². The van der Waals surface area contributed by atoms with Crippen molar-refractivity contribution in [3.05, 3.63) is 23.8 Å². The van der Waals surface area contributed by atoms with Crippen molar-refractivity contribution in [2.24, 2.45) is 11.8 Å². The number of hydrogen-bond acceptors (Lipinski definition) is 3. The summed E-state index contributed by atoms with van der Waals surface area (Å²) < 4.78 is 5.79. The van der Waals surface area contributed by atoms with Gasteiger partial charge in [-0.05, 0) is 31.4 Å². The molecule has 4 rings (SSSR count). The van der Waals surface area contributed by atoms with Gasteiger partial charge in [0, 0.05) is 18.9 Å². The number of nitrogens with zero attached hydrogens (tertiary/aromatic N) is 1. The second-order valence-electron chi connectivity index (χ2n) is 6.50. The first kappa shape index (κ1) is 11.7. The minimum atomic E-state index is 0.0120. The van der Waals surface area contributed by atoms with E-state index in [9.17, 15) is 4.79 Å². The highest BCUT2D eigenvalue weighted by Gasteiger charge is 2.57. The van der Waals surface area contributed by atoms with E-state index in [0.29, 0.717) is 5.92 Å². The van der Waals surface area contributed by atoms with Gasteiger partial charge in [-0.1, -0.05) is 25.2 Å². The van der Waals surface area contributed by atoms with E-state index >= 15 is 0 Å². The Morgan fingerprint density at radius 2 is 2.37 bits per heavy atom. The van der Waals surface area contributed by atoms with Gasteiger partial charge in [-0.25, -0.2) is 0 Å². The van der Waals surface area contributed by atoms with E-state index < -0.39 is 0 Å². The maximum atomic E-state index is 12.1. The van der Waals surface area contributed by atoms with Crippen molar-refractivity contribution in [2.75, 3.05) is 13.1 Å². The number of rotatable bonds is 0. The van der Waals surface area contributed by atoms with Crippen LogP contribution in [-0.2, 0) is 9.53 Å². The van der Waals surface area contributed by atoms with E-state index in [1.54, 1.807) is 0 Å². The molecule has 4 unspecified atom stereocenters. The molecular formula is C16H21NO2. The minimum absolute atomic E-state index is 0.0120. The fraction of sp³-hybridized carbons (Fsp3) is 0.688. The molecule has 0 amide bonds. The summed E-state index contributed by atoms with van der Waals surface area (Å²) in [4.78, 5) is 14.7. The average molecular weight is 259 g/mol. The molecule has 102 valence electrons. The van der Waals surface area contributed by atoms with Crippen molar-refractivity contribution in [2.45, 2.75) is 44.2 Å². The van der Waals surface area contributed by atoms with Gasteiger partial charge in [-0.3, -0.25) is 9.69 Å². The Morgan fingerprint density at radius 1 is 1.47 bits per heavy atom. The molecule has 3 heterocycles. The molecule has 2 fully saturated rings. The molecular weight excluding hydrogens is 238 g/mol. The third-order valence-corrected chi connectivity index (χ3v) is 5.55. The normalized spacial score (nSPS) is 45.0. The molecule has 3 aliphatic heterocycles. The van der Waals surface area contributed by atoms with Gasteiger partial charge >= 0.3 is 5.97 Å². The molecule has 0 N–H and O–H groups in total. The Morgan fingerprint density at radius 3 is 3.26 bits per heavy atom. The number of hydrogen-bond donors (Lipinski definition) is 0. The van der Waals surface area contributed by atoms with Crippen molar-refractivity contribution >= 4 is 5.97 Å². The molecule has 0 radical (unpaired) electrons. The summed E-state index contributed by atoms with van der Waals surface area (Å²) in [7, 11) is 0. The Bertz CT molecular complexity index is 481. The minimum Gasteiger partial charge on any atom is -0.461 e. The maximum Gasteiger partial charge on any atom is 0.309 e. The fourth-order valence-electron chi connectivity index (χ4n) is 4.77. The van der Waals surface area contributed by atoms with E-state index in [2.05, 4.69) is 23.1 Å². The van der Waals surface area contributed by atoms with E-state index in [1.807, 2.05) is 6.92 Å². The number of carbonyl (C=O) groups is 1. The standard InChI is InChI=1S/C16H21NO2/c1-11-10-16-12-4-2-8-17(16)9-3-5-13(16)14(7-6-12)19-15(11)18/h2,4,6,11,13-14H,3,5,7-10H2,1H3. The first-order valence-corrected chi connectivity index (χ1v) is 7.54. The van der Waals surface area contributed by atoms with E-state index in [4.69, 9.17) is 4.74 Å². The summed E-state index contributed by atoms with van der Waals surface area (Å²) in [6.07, 6.45) is 11.3. The lowest BCUT2D eigenvalue weighted by molar-refractivity contribution is -0.154. The van der Waals surface area contributed by atoms with E-state index in [-0.39, 0.29) is 23.5 Å². The van der Waals surface area contributed by atoms with Crippen LogP contribution in [0.1, 0.15) is 32.6 Å². The summed E-state index contributed by atoms with van der Waals surface area (Å²) >= 11 is 0. The van der Waals surface area contributed by atoms with E-state index in [1.165, 1.54) is 18.4 Å². The van der Waals surface area contributed by atoms with Crippen molar-refractivity contribution < 1.29 is 9.53 Å². The van der Waals surface area contributed by atoms with Gasteiger partial charge in [-0.15, -0.1) is 0 Å². The van der Waals surface area contributed by atoms with Crippen LogP contribution in [0.25, 0.3) is 0 Å². The van der Waals surface area contributed by atoms with Crippen LogP contribution in [0, 0.1) is 11.8 Å². The molecule has 2 saturated heterocycles. The fourth-order valence-corrected chi connectivity index (χ4v) is 4.77. The highest BCUT2D eigenvalue weighted by molar-refractivity contribution is 5.73. The largest absolute Gasteiger partial charge is 0.461 e. The van der Waals surface area contributed by atoms with Crippen molar-refractivity contribution in [1.29, 1.82) is 0 Å². The van der Waals surface area contributed by atoms with Gasteiger partial charge in [0.05, 0.1) is 11.5 Å². The zero-order valence-corrected chi connectivity index (χ0v) is 11.5. The predicted octanol–water partition coefficient (Wildman–Crippen LogP) is 2.29. The van der Waals surface area contributed by atoms with Gasteiger partial charge in [0.15, 0.2) is 0 Å². The van der Waals surface area contributed by atoms with Crippen molar-refractivity contribution in [3.63, 3.8) is 0 Å². The quantitative estimate of drug-likeness (QED) is 0.625. The van der Waals surface area contributed by atoms with Crippen LogP contribution in [-0.4, -0.2) is 35.6 Å². The highest BCUT2D eigenvalue weighted by Crippen LogP contribution is 2.52. The summed E-state index contributed by atoms with van der Waals surface area (Å²) in [6.45, 7) is 4.22. The van der Waals surface area contributed by atoms with Gasteiger partial charge in [0.2, 0.25) is 0 Å². The summed E-state index contributed by atoms with van der Waals surface area (Å²) in [5.74, 6) is 0.527. The molecule has 1 spiro atoms. The molecule has 2 bridgehead atoms. The summed E-state index contributed by atoms with van der Waals surface area (Å²) in [6, 6.07) is 0. The highest BCUT2D eigenvalue weighted by atomic mass is 16.5. The monoisotopic (exact) mass is 259 g/mol. The molecule has 19 heavy (non-hydrogen) atoms. The molecule has 3 heteroatoms. The van der Waals surface area contributed by atoms with Crippen molar-refractivity contribution in [1.82, 2.24) is 4.90 Å². The topological polar surface area (TPSA) is 29.5 Å². The lowest BCUT2D eigenvalue weighted by atomic mass is 9.62. The summed E-state index contributed by atoms with van der Waals surface area (Å²) in [5.41, 5.74) is 1.53. The number of piperidine rings is 1. The van der Waals surface area contributed by atoms with Crippen LogP contribution in [0.3, 0.4) is 0 Å². The molecule has 0 saturated carbocycles. The number of ether oxygens (including phenoxy) is 1. The second kappa shape index (κ2) is 3.95. The lowest BCUT2D eigenvalue weighted by Gasteiger charge is -2.57. The van der Waals surface area contributed by atoms with Crippen LogP contribution in [0.4, 0.5) is 0 Å². The third-order valence-electron chi connectivity index (χ3n) is 5.55. The third kappa shape index (κ3) is 1.45. The SMILES string of the molecule is CC1CC23C4=CCC(OC1=O)C2CCCN3CC=C4. The Labute approximate surface area is 114 Å². The zero-order valence-electron chi connectivity index (χ0n) is 11.5. The van der Waals surface area contributed by atoms with Crippen molar-refractivity contribution in [3.8, 4) is 0 Å². The Hall–Kier alpha value is -1.09. The van der Waals surface area contributed by atoms with E-state index in [0.717, 1.165) is 25.9 Å². The summed E-state index contributed by atoms with van der Waals surface area (Å²) in [5, 5.41) is 0. The lowest BCUT2D eigenvalue weighted by Crippen LogP contribution is -2.63. The molecule has 0 aromatic carbocycles. The van der Waals surface area contributed by atoms with Crippen LogP contribution >= 0.6 is 0 Å². The average Bonchev–Trinajstić information content (AvgIpc) is 2.47. The Balaban J connectivity index is 1.89. The van der Waals surface area contributed by atoms with Gasteiger partial charge in [0.1, 0.15) is 6.10 Å². The Kier molecular flexibility index (Phi) is 2.44. The molecule has 1 aliphatic carbocycles. The second-order valence-corrected chi connectivity index (χ2v) is 6.50. The van der Waals surface area contributed by atoms with Gasteiger partial charge in [0.25, 0.3) is 0 Å². The zero-order chi connectivity index (χ0) is 13.0. The predicted molar refractivity (Wildman–Crippen MR) is 72.5 cm³/mol. The first-order chi connectivity index (χ1) is 9.22. The smallest absolute Gasteiger partial charge is 0.309 e. The number of carbonyl (C=O) groups excluding carboxylic acids is 1. The van der Waals surface area contributed by atoms with Crippen LogP contribution in [0.2, 0.25) is 0 Å². The van der Waals surface area contributed by atoms with Crippen LogP contribution in [0.5, 0.6) is 0 Å². The molecule has 0 aromatic rings. The first-order valence-electron chi connectivity index (χ1n) is 7.54. The maximum absolute atomic E-state index is 12.1. The van der Waals surface area contributed by atoms with Crippen LogP contribution < -0.4 is 0 Å². The van der Waals surface area contributed by atoms with Gasteiger partial charge < -0.3 is 4.74 Å². The molecule has 4 aliphatic rings. The van der Waals surface area contributed by atoms with Gasteiger partial charge in [-0.2, -0.15) is 0 Å². The molecule has 3 nitrogen and oxygen atoms in total. The molecule has 0 aromatic heterocycles. The number of esters is 1.